The fraction of sp³-hybridized carbons (Fsp3) is 0.647. The van der Waals surface area contributed by atoms with Crippen LogP contribution in [0, 0.1) is 5.92 Å². The Morgan fingerprint density at radius 1 is 1.42 bits per heavy atom. The number of pyridine rings is 1. The van der Waals surface area contributed by atoms with Gasteiger partial charge in [-0.3, -0.25) is 4.79 Å². The number of hydrogen-bond donors (Lipinski definition) is 2. The van der Waals surface area contributed by atoms with E-state index in [0.29, 0.717) is 31.4 Å². The van der Waals surface area contributed by atoms with Gasteiger partial charge in [-0.05, 0) is 31.7 Å². The number of aromatic nitrogens is 1. The summed E-state index contributed by atoms with van der Waals surface area (Å²) in [5.41, 5.74) is -0.794. The van der Waals surface area contributed by atoms with E-state index in [-0.39, 0.29) is 17.0 Å². The van der Waals surface area contributed by atoms with Gasteiger partial charge >= 0.3 is 6.18 Å². The third-order valence-corrected chi connectivity index (χ3v) is 5.40. The second-order valence-corrected chi connectivity index (χ2v) is 7.60. The van der Waals surface area contributed by atoms with Crippen molar-refractivity contribution in [2.24, 2.45) is 5.92 Å². The molecule has 1 aliphatic carbocycles. The molecule has 1 saturated heterocycles. The minimum absolute atomic E-state index is 0.0549. The first kappa shape index (κ1) is 19.2. The first-order chi connectivity index (χ1) is 12.2. The minimum atomic E-state index is -4.42. The van der Waals surface area contributed by atoms with E-state index < -0.39 is 11.7 Å². The van der Waals surface area contributed by atoms with E-state index in [2.05, 4.69) is 10.3 Å². The van der Waals surface area contributed by atoms with Crippen LogP contribution in [0.25, 0.3) is 0 Å². The van der Waals surface area contributed by atoms with Gasteiger partial charge in [0, 0.05) is 6.04 Å². The summed E-state index contributed by atoms with van der Waals surface area (Å²) in [4.78, 5) is 17.9. The van der Waals surface area contributed by atoms with Crippen molar-refractivity contribution in [3.63, 3.8) is 0 Å². The summed E-state index contributed by atoms with van der Waals surface area (Å²) in [6.07, 6.45) is -1.10. The number of quaternary nitrogens is 1. The molecular formula is C17H24ClF3N4O+2. The van der Waals surface area contributed by atoms with Gasteiger partial charge in [-0.1, -0.05) is 11.6 Å². The third-order valence-electron chi connectivity index (χ3n) is 5.12. The fourth-order valence-electron chi connectivity index (χ4n) is 3.34. The minimum Gasteiger partial charge on any atom is -0.348 e. The number of aromatic amines is 1. The predicted octanol–water partition coefficient (Wildman–Crippen LogP) is 0.793. The zero-order valence-electron chi connectivity index (χ0n) is 14.6. The van der Waals surface area contributed by atoms with E-state index in [9.17, 15) is 18.0 Å². The van der Waals surface area contributed by atoms with Gasteiger partial charge < -0.3 is 10.2 Å². The van der Waals surface area contributed by atoms with Gasteiger partial charge in [0.25, 0.3) is 11.7 Å². The standard InChI is InChI=1S/C17H22ClF3N4O/c1-11(12-2-3-12)23-15(26)10-24-4-6-25(7-5-24)16-14(18)8-13(9-22-16)17(19,20)21/h8-9,11-12H,2-7,10H2,1H3,(H,23,26)/p+2/t11-/m1/s1. The van der Waals surface area contributed by atoms with Crippen LogP contribution < -0.4 is 20.1 Å². The Labute approximate surface area is 155 Å². The molecule has 1 aromatic heterocycles. The van der Waals surface area contributed by atoms with Crippen LogP contribution in [0.4, 0.5) is 19.0 Å². The summed E-state index contributed by atoms with van der Waals surface area (Å²) in [5, 5.41) is 3.11. The number of carbonyl (C=O) groups is 1. The van der Waals surface area contributed by atoms with Crippen LogP contribution in [0.1, 0.15) is 25.3 Å². The molecule has 0 radical (unpaired) electrons. The summed E-state index contributed by atoms with van der Waals surface area (Å²) in [7, 11) is 0. The number of hydrogen-bond acceptors (Lipinski definition) is 2. The Morgan fingerprint density at radius 2 is 2.08 bits per heavy atom. The van der Waals surface area contributed by atoms with Crippen LogP contribution in [-0.4, -0.2) is 44.7 Å². The second kappa shape index (κ2) is 7.60. The topological polar surface area (TPSA) is 50.9 Å². The lowest BCUT2D eigenvalue weighted by Gasteiger charge is -2.28. The van der Waals surface area contributed by atoms with Gasteiger partial charge in [-0.2, -0.15) is 13.2 Å². The van der Waals surface area contributed by atoms with Crippen molar-refractivity contribution in [3.8, 4) is 0 Å². The van der Waals surface area contributed by atoms with Crippen LogP contribution in [0.2, 0.25) is 5.02 Å². The molecule has 2 aliphatic rings. The molecule has 144 valence electrons. The molecule has 1 aromatic rings. The largest absolute Gasteiger partial charge is 0.419 e. The highest BCUT2D eigenvalue weighted by Crippen LogP contribution is 2.32. The highest BCUT2D eigenvalue weighted by molar-refractivity contribution is 6.32. The molecule has 1 aliphatic heterocycles. The lowest BCUT2D eigenvalue weighted by molar-refractivity contribution is -0.892. The number of carbonyl (C=O) groups excluding carboxylic acids is 1. The lowest BCUT2D eigenvalue weighted by Crippen LogP contribution is -3.16. The number of nitrogens with zero attached hydrogens (tertiary/aromatic N) is 1. The van der Waals surface area contributed by atoms with E-state index in [1.165, 1.54) is 17.7 Å². The maximum Gasteiger partial charge on any atom is 0.419 e. The number of H-pyrrole nitrogens is 1. The van der Waals surface area contributed by atoms with Gasteiger partial charge in [-0.15, -0.1) is 0 Å². The molecule has 0 spiro atoms. The number of nitrogens with one attached hydrogen (secondary N) is 3. The number of piperazine rings is 1. The van der Waals surface area contributed by atoms with Crippen LogP contribution in [0.3, 0.4) is 0 Å². The van der Waals surface area contributed by atoms with Crippen molar-refractivity contribution >= 4 is 23.3 Å². The summed E-state index contributed by atoms with van der Waals surface area (Å²) in [5.74, 6) is 1.18. The Morgan fingerprint density at radius 3 is 2.62 bits per heavy atom. The average molecular weight is 393 g/mol. The molecular weight excluding hydrogens is 369 g/mol. The highest BCUT2D eigenvalue weighted by Gasteiger charge is 2.35. The van der Waals surface area contributed by atoms with E-state index in [1.807, 2.05) is 11.8 Å². The van der Waals surface area contributed by atoms with Crippen molar-refractivity contribution in [1.82, 2.24) is 5.32 Å². The maximum absolute atomic E-state index is 12.7. The van der Waals surface area contributed by atoms with Gasteiger partial charge in [-0.25, -0.2) is 9.88 Å². The zero-order chi connectivity index (χ0) is 18.9. The van der Waals surface area contributed by atoms with Crippen molar-refractivity contribution < 1.29 is 27.8 Å². The van der Waals surface area contributed by atoms with Crippen LogP contribution in [0.5, 0.6) is 0 Å². The molecule has 1 atom stereocenters. The Bertz CT molecular complexity index is 658. The summed E-state index contributed by atoms with van der Waals surface area (Å²) < 4.78 is 38.2. The third kappa shape index (κ3) is 4.79. The maximum atomic E-state index is 12.7. The van der Waals surface area contributed by atoms with Gasteiger partial charge in [0.15, 0.2) is 6.54 Å². The first-order valence-corrected chi connectivity index (χ1v) is 9.28. The molecule has 2 fully saturated rings. The normalized spacial score (nSPS) is 20.1. The predicted molar refractivity (Wildman–Crippen MR) is 91.1 cm³/mol. The van der Waals surface area contributed by atoms with Crippen LogP contribution in [-0.2, 0) is 11.0 Å². The molecule has 0 aromatic carbocycles. The average Bonchev–Trinajstić information content (AvgIpc) is 3.39. The summed E-state index contributed by atoms with van der Waals surface area (Å²) in [6, 6.07) is 1.18. The molecule has 0 unspecified atom stereocenters. The molecule has 0 bridgehead atoms. The van der Waals surface area contributed by atoms with Gasteiger partial charge in [0.05, 0.1) is 5.56 Å². The van der Waals surface area contributed by atoms with Crippen molar-refractivity contribution in [1.29, 1.82) is 0 Å². The Hall–Kier alpha value is -1.54. The number of halogens is 4. The van der Waals surface area contributed by atoms with Crippen molar-refractivity contribution in [2.45, 2.75) is 32.0 Å². The van der Waals surface area contributed by atoms with Crippen LogP contribution in [0.15, 0.2) is 12.3 Å². The molecule has 3 N–H and O–H groups in total. The lowest BCUT2D eigenvalue weighted by atomic mass is 10.2. The molecule has 3 rings (SSSR count). The molecule has 26 heavy (non-hydrogen) atoms. The second-order valence-electron chi connectivity index (χ2n) is 7.19. The van der Waals surface area contributed by atoms with E-state index >= 15 is 0 Å². The Kier molecular flexibility index (Phi) is 5.62. The molecule has 9 heteroatoms. The molecule has 5 nitrogen and oxygen atoms in total. The molecule has 1 saturated carbocycles. The SMILES string of the molecule is C[C@@H](NC(=O)C[NH+]1CCN(c2[nH+]cc(C(F)(F)F)cc2Cl)CC1)C1CC1. The summed E-state index contributed by atoms with van der Waals surface area (Å²) >= 11 is 6.04. The first-order valence-electron chi connectivity index (χ1n) is 8.90. The zero-order valence-corrected chi connectivity index (χ0v) is 15.4. The van der Waals surface area contributed by atoms with E-state index in [1.54, 1.807) is 0 Å². The quantitative estimate of drug-likeness (QED) is 0.778. The number of anilines is 1. The van der Waals surface area contributed by atoms with E-state index in [4.69, 9.17) is 11.6 Å². The van der Waals surface area contributed by atoms with Gasteiger partial charge in [0.1, 0.15) is 37.4 Å². The molecule has 1 amide bonds. The van der Waals surface area contributed by atoms with Crippen molar-refractivity contribution in [3.05, 3.63) is 22.8 Å². The smallest absolute Gasteiger partial charge is 0.348 e. The van der Waals surface area contributed by atoms with E-state index in [0.717, 1.165) is 25.4 Å². The van der Waals surface area contributed by atoms with Crippen LogP contribution >= 0.6 is 11.6 Å². The highest BCUT2D eigenvalue weighted by atomic mass is 35.5. The van der Waals surface area contributed by atoms with Crippen molar-refractivity contribution in [2.75, 3.05) is 37.6 Å². The fourth-order valence-corrected chi connectivity index (χ4v) is 3.63. The number of alkyl halides is 3. The van der Waals surface area contributed by atoms with Gasteiger partial charge in [0.2, 0.25) is 0 Å². The number of amides is 1. The molecule has 2 heterocycles. The summed E-state index contributed by atoms with van der Waals surface area (Å²) in [6.45, 7) is 5.19. The Balaban J connectivity index is 1.51. The number of rotatable bonds is 5. The monoisotopic (exact) mass is 392 g/mol.